The zero-order chi connectivity index (χ0) is 18.0. The predicted octanol–water partition coefficient (Wildman–Crippen LogP) is 3.20. The molecule has 0 aromatic rings. The highest BCUT2D eigenvalue weighted by Gasteiger charge is 2.61. The number of Topliss-reactive ketones (excluding diaryl/α,β-unsaturated/α-hetero) is 1. The van der Waals surface area contributed by atoms with E-state index in [-0.39, 0.29) is 34.3 Å². The third-order valence-electron chi connectivity index (χ3n) is 8.15. The molecule has 6 atom stereocenters. The Labute approximate surface area is 149 Å². The quantitative estimate of drug-likeness (QED) is 0.795. The first-order valence-corrected chi connectivity index (χ1v) is 9.79. The molecule has 4 aliphatic carbocycles. The molecule has 0 aromatic heterocycles. The standard InChI is InChI=1S/C21H29NO3/c1-12(23)22-19-18(25)11-17-15-5-4-13-10-14(24)6-8-20(13,2)16(15)7-9-21(17,19)3/h10,15-17,19H,4-9,11H2,1-3H3,(H,22,23)/t15-,16+,17-,19+,20+,21-/m0/s1. The highest BCUT2D eigenvalue weighted by atomic mass is 16.2. The van der Waals surface area contributed by atoms with Crippen LogP contribution in [-0.4, -0.2) is 23.5 Å². The molecule has 4 heteroatoms. The number of amides is 1. The maximum absolute atomic E-state index is 12.7. The molecule has 0 spiro atoms. The Morgan fingerprint density at radius 3 is 2.60 bits per heavy atom. The SMILES string of the molecule is CC(=O)N[C@@H]1C(=O)C[C@H]2[C@H]3CCC4=CC(=O)CC[C@@]4(C)[C@@H]3CC[C@]12C. The Hall–Kier alpha value is -1.45. The molecule has 0 aromatic carbocycles. The third kappa shape index (κ3) is 2.36. The molecular formula is C21H29NO3. The molecule has 3 fully saturated rings. The van der Waals surface area contributed by atoms with Crippen LogP contribution in [0.4, 0.5) is 0 Å². The molecule has 136 valence electrons. The van der Waals surface area contributed by atoms with Gasteiger partial charge in [0.25, 0.3) is 0 Å². The van der Waals surface area contributed by atoms with Gasteiger partial charge in [0.1, 0.15) is 0 Å². The highest BCUT2D eigenvalue weighted by molar-refractivity contribution is 5.92. The summed E-state index contributed by atoms with van der Waals surface area (Å²) in [6.07, 6.45) is 8.33. The van der Waals surface area contributed by atoms with Gasteiger partial charge in [0.2, 0.25) is 5.91 Å². The molecule has 1 N–H and O–H groups in total. The molecule has 4 rings (SSSR count). The van der Waals surface area contributed by atoms with Crippen molar-refractivity contribution in [2.24, 2.45) is 28.6 Å². The van der Waals surface area contributed by atoms with Gasteiger partial charge in [0.05, 0.1) is 6.04 Å². The summed E-state index contributed by atoms with van der Waals surface area (Å²) >= 11 is 0. The van der Waals surface area contributed by atoms with E-state index < -0.39 is 0 Å². The van der Waals surface area contributed by atoms with Crippen molar-refractivity contribution < 1.29 is 14.4 Å². The van der Waals surface area contributed by atoms with Crippen LogP contribution in [-0.2, 0) is 14.4 Å². The summed E-state index contributed by atoms with van der Waals surface area (Å²) in [4.78, 5) is 36.2. The minimum absolute atomic E-state index is 0.103. The molecule has 0 saturated heterocycles. The summed E-state index contributed by atoms with van der Waals surface area (Å²) in [6.45, 7) is 6.08. The van der Waals surface area contributed by atoms with Crippen LogP contribution >= 0.6 is 0 Å². The van der Waals surface area contributed by atoms with Gasteiger partial charge in [-0.25, -0.2) is 0 Å². The van der Waals surface area contributed by atoms with E-state index >= 15 is 0 Å². The van der Waals surface area contributed by atoms with Gasteiger partial charge in [0.15, 0.2) is 11.6 Å². The first-order chi connectivity index (χ1) is 11.8. The Morgan fingerprint density at radius 1 is 1.12 bits per heavy atom. The van der Waals surface area contributed by atoms with Crippen molar-refractivity contribution in [1.29, 1.82) is 0 Å². The summed E-state index contributed by atoms with van der Waals surface area (Å²) in [5.41, 5.74) is 1.38. The van der Waals surface area contributed by atoms with E-state index in [1.807, 2.05) is 6.08 Å². The molecule has 1 amide bonds. The van der Waals surface area contributed by atoms with Crippen LogP contribution in [0.3, 0.4) is 0 Å². The van der Waals surface area contributed by atoms with Crippen LogP contribution in [0.5, 0.6) is 0 Å². The van der Waals surface area contributed by atoms with E-state index in [9.17, 15) is 14.4 Å². The van der Waals surface area contributed by atoms with E-state index in [0.717, 1.165) is 32.1 Å². The highest BCUT2D eigenvalue weighted by Crippen LogP contribution is 2.64. The average molecular weight is 343 g/mol. The minimum atomic E-state index is -0.311. The maximum Gasteiger partial charge on any atom is 0.217 e. The molecule has 0 aliphatic heterocycles. The molecule has 0 heterocycles. The lowest BCUT2D eigenvalue weighted by Gasteiger charge is -2.57. The zero-order valence-corrected chi connectivity index (χ0v) is 15.6. The molecule has 0 bridgehead atoms. The van der Waals surface area contributed by atoms with Crippen LogP contribution < -0.4 is 5.32 Å². The summed E-state index contributed by atoms with van der Waals surface area (Å²) in [7, 11) is 0. The number of hydrogen-bond donors (Lipinski definition) is 1. The van der Waals surface area contributed by atoms with Crippen LogP contribution in [0, 0.1) is 28.6 Å². The smallest absolute Gasteiger partial charge is 0.217 e. The maximum atomic E-state index is 12.7. The van der Waals surface area contributed by atoms with Crippen molar-refractivity contribution in [3.05, 3.63) is 11.6 Å². The second-order valence-corrected chi connectivity index (χ2v) is 9.32. The van der Waals surface area contributed by atoms with Crippen LogP contribution in [0.15, 0.2) is 11.6 Å². The van der Waals surface area contributed by atoms with Crippen molar-refractivity contribution in [2.75, 3.05) is 0 Å². The van der Waals surface area contributed by atoms with Crippen molar-refractivity contribution >= 4 is 17.5 Å². The van der Waals surface area contributed by atoms with Gasteiger partial charge in [0, 0.05) is 19.8 Å². The first-order valence-electron chi connectivity index (χ1n) is 9.79. The number of fused-ring (bicyclic) bond motifs is 5. The van der Waals surface area contributed by atoms with Gasteiger partial charge in [-0.3, -0.25) is 14.4 Å². The van der Waals surface area contributed by atoms with Gasteiger partial charge in [-0.2, -0.15) is 0 Å². The fourth-order valence-corrected chi connectivity index (χ4v) is 6.80. The van der Waals surface area contributed by atoms with Crippen molar-refractivity contribution in [3.8, 4) is 0 Å². The van der Waals surface area contributed by atoms with E-state index in [1.165, 1.54) is 12.5 Å². The summed E-state index contributed by atoms with van der Waals surface area (Å²) in [5.74, 6) is 1.88. The van der Waals surface area contributed by atoms with Crippen molar-refractivity contribution in [2.45, 2.75) is 71.8 Å². The minimum Gasteiger partial charge on any atom is -0.346 e. The van der Waals surface area contributed by atoms with Crippen molar-refractivity contribution in [3.63, 3.8) is 0 Å². The van der Waals surface area contributed by atoms with Gasteiger partial charge in [-0.15, -0.1) is 0 Å². The third-order valence-corrected chi connectivity index (χ3v) is 8.15. The Balaban J connectivity index is 1.66. The fourth-order valence-electron chi connectivity index (χ4n) is 6.80. The average Bonchev–Trinajstić information content (AvgIpc) is 2.79. The Kier molecular flexibility index (Phi) is 3.75. The van der Waals surface area contributed by atoms with E-state index in [0.29, 0.717) is 30.6 Å². The molecular weight excluding hydrogens is 314 g/mol. The van der Waals surface area contributed by atoms with Gasteiger partial charge >= 0.3 is 0 Å². The van der Waals surface area contributed by atoms with Gasteiger partial charge in [-0.1, -0.05) is 19.4 Å². The topological polar surface area (TPSA) is 63.2 Å². The molecule has 4 nitrogen and oxygen atoms in total. The van der Waals surface area contributed by atoms with E-state index in [2.05, 4.69) is 19.2 Å². The van der Waals surface area contributed by atoms with Gasteiger partial charge < -0.3 is 5.32 Å². The second-order valence-electron chi connectivity index (χ2n) is 9.32. The van der Waals surface area contributed by atoms with E-state index in [1.54, 1.807) is 0 Å². The van der Waals surface area contributed by atoms with Crippen LogP contribution in [0.1, 0.15) is 65.7 Å². The normalized spacial score (nSPS) is 46.0. The molecule has 25 heavy (non-hydrogen) atoms. The lowest BCUT2D eigenvalue weighted by molar-refractivity contribution is -0.127. The number of rotatable bonds is 1. The number of carbonyl (C=O) groups is 3. The number of nitrogens with one attached hydrogen (secondary N) is 1. The molecule has 4 aliphatic rings. The molecule has 0 radical (unpaired) electrons. The first kappa shape index (κ1) is 17.0. The van der Waals surface area contributed by atoms with Crippen LogP contribution in [0.25, 0.3) is 0 Å². The van der Waals surface area contributed by atoms with Crippen LogP contribution in [0.2, 0.25) is 0 Å². The Morgan fingerprint density at radius 2 is 1.88 bits per heavy atom. The summed E-state index contributed by atoms with van der Waals surface area (Å²) in [6, 6.07) is -0.311. The number of hydrogen-bond acceptors (Lipinski definition) is 3. The zero-order valence-electron chi connectivity index (χ0n) is 15.6. The molecule has 0 unspecified atom stereocenters. The van der Waals surface area contributed by atoms with E-state index in [4.69, 9.17) is 0 Å². The number of ketones is 2. The lowest BCUT2D eigenvalue weighted by atomic mass is 9.47. The monoisotopic (exact) mass is 343 g/mol. The summed E-state index contributed by atoms with van der Waals surface area (Å²) < 4.78 is 0. The van der Waals surface area contributed by atoms with Crippen molar-refractivity contribution in [1.82, 2.24) is 5.32 Å². The summed E-state index contributed by atoms with van der Waals surface area (Å²) in [5, 5.41) is 2.95. The largest absolute Gasteiger partial charge is 0.346 e. The predicted molar refractivity (Wildman–Crippen MR) is 94.7 cm³/mol. The number of carbonyl (C=O) groups excluding carboxylic acids is 3. The number of allylic oxidation sites excluding steroid dienone is 1. The Bertz CT molecular complexity index is 681. The lowest BCUT2D eigenvalue weighted by Crippen LogP contribution is -2.54. The fraction of sp³-hybridized carbons (Fsp3) is 0.762. The molecule has 3 saturated carbocycles. The second kappa shape index (κ2) is 5.52. The van der Waals surface area contributed by atoms with Gasteiger partial charge in [-0.05, 0) is 66.8 Å².